The minimum absolute atomic E-state index is 0.153. The van der Waals surface area contributed by atoms with Gasteiger partial charge in [-0.2, -0.15) is 11.8 Å². The van der Waals surface area contributed by atoms with Gasteiger partial charge >= 0.3 is 6.09 Å². The predicted octanol–water partition coefficient (Wildman–Crippen LogP) is 3.26. The number of rotatable bonds is 4. The normalized spacial score (nSPS) is 29.9. The van der Waals surface area contributed by atoms with Gasteiger partial charge in [0.15, 0.2) is 0 Å². The maximum Gasteiger partial charge on any atom is 0.410 e. The Bertz CT molecular complexity index is 357. The van der Waals surface area contributed by atoms with Crippen LogP contribution in [0.15, 0.2) is 0 Å². The first-order chi connectivity index (χ1) is 9.90. The van der Waals surface area contributed by atoms with Crippen molar-refractivity contribution in [3.05, 3.63) is 0 Å². The molecule has 1 heterocycles. The van der Waals surface area contributed by atoms with Gasteiger partial charge in [0, 0.05) is 30.4 Å². The zero-order chi connectivity index (χ0) is 15.5. The molecule has 122 valence electrons. The van der Waals surface area contributed by atoms with Gasteiger partial charge < -0.3 is 15.0 Å². The first-order valence-electron chi connectivity index (χ1n) is 8.16. The molecular weight excluding hydrogens is 284 g/mol. The van der Waals surface area contributed by atoms with Gasteiger partial charge in [0.1, 0.15) is 5.60 Å². The van der Waals surface area contributed by atoms with E-state index >= 15 is 0 Å². The number of hydrogen-bond donors (Lipinski definition) is 1. The average molecular weight is 314 g/mol. The molecule has 0 spiro atoms. The van der Waals surface area contributed by atoms with Crippen LogP contribution >= 0.6 is 11.8 Å². The summed E-state index contributed by atoms with van der Waals surface area (Å²) in [6.07, 6.45) is 8.13. The monoisotopic (exact) mass is 314 g/mol. The lowest BCUT2D eigenvalue weighted by Crippen LogP contribution is -2.47. The van der Waals surface area contributed by atoms with Gasteiger partial charge in [-0.3, -0.25) is 0 Å². The van der Waals surface area contributed by atoms with E-state index in [1.165, 1.54) is 19.3 Å². The average Bonchev–Trinajstić information content (AvgIpc) is 3.02. The molecule has 1 aliphatic carbocycles. The summed E-state index contributed by atoms with van der Waals surface area (Å²) < 4.78 is 5.52. The van der Waals surface area contributed by atoms with Gasteiger partial charge in [-0.25, -0.2) is 4.79 Å². The molecule has 0 radical (unpaired) electrons. The molecule has 1 saturated heterocycles. The molecule has 3 unspecified atom stereocenters. The van der Waals surface area contributed by atoms with Crippen LogP contribution in [0.3, 0.4) is 0 Å². The summed E-state index contributed by atoms with van der Waals surface area (Å²) in [6.45, 7) is 7.51. The number of ether oxygens (including phenoxy) is 1. The molecule has 2 rings (SSSR count). The zero-order valence-electron chi connectivity index (χ0n) is 13.9. The van der Waals surface area contributed by atoms with E-state index in [4.69, 9.17) is 4.74 Å². The van der Waals surface area contributed by atoms with Crippen molar-refractivity contribution in [2.24, 2.45) is 0 Å². The fourth-order valence-electron chi connectivity index (χ4n) is 3.34. The summed E-state index contributed by atoms with van der Waals surface area (Å²) in [7, 11) is 0. The number of carbonyl (C=O) groups excluding carboxylic acids is 1. The van der Waals surface area contributed by atoms with Crippen molar-refractivity contribution in [1.29, 1.82) is 0 Å². The SMILES string of the molecule is CSC1CCCC1NCC1CCCN1C(=O)OC(C)(C)C. The predicted molar refractivity (Wildman–Crippen MR) is 88.9 cm³/mol. The fraction of sp³-hybridized carbons (Fsp3) is 0.938. The lowest BCUT2D eigenvalue weighted by atomic mass is 10.2. The molecule has 0 bridgehead atoms. The lowest BCUT2D eigenvalue weighted by Gasteiger charge is -2.30. The van der Waals surface area contributed by atoms with Crippen molar-refractivity contribution < 1.29 is 9.53 Å². The van der Waals surface area contributed by atoms with E-state index in [2.05, 4.69) is 11.6 Å². The van der Waals surface area contributed by atoms with E-state index in [1.807, 2.05) is 37.4 Å². The van der Waals surface area contributed by atoms with Crippen LogP contribution in [0.25, 0.3) is 0 Å². The molecule has 1 saturated carbocycles. The summed E-state index contributed by atoms with van der Waals surface area (Å²) in [6, 6.07) is 0.907. The highest BCUT2D eigenvalue weighted by atomic mass is 32.2. The van der Waals surface area contributed by atoms with E-state index in [9.17, 15) is 4.79 Å². The molecule has 2 aliphatic rings. The van der Waals surface area contributed by atoms with Crippen LogP contribution in [0, 0.1) is 0 Å². The number of hydrogen-bond acceptors (Lipinski definition) is 4. The van der Waals surface area contributed by atoms with E-state index < -0.39 is 5.60 Å². The Labute approximate surface area is 133 Å². The van der Waals surface area contributed by atoms with Crippen LogP contribution in [0.5, 0.6) is 0 Å². The van der Waals surface area contributed by atoms with Crippen LogP contribution in [0.1, 0.15) is 52.9 Å². The van der Waals surface area contributed by atoms with Gasteiger partial charge in [0.2, 0.25) is 0 Å². The Kier molecular flexibility index (Phi) is 5.83. The second kappa shape index (κ2) is 7.23. The van der Waals surface area contributed by atoms with Gasteiger partial charge in [-0.05, 0) is 52.7 Å². The third-order valence-corrected chi connectivity index (χ3v) is 5.55. The summed E-state index contributed by atoms with van der Waals surface area (Å²) in [5, 5.41) is 4.44. The molecule has 1 aliphatic heterocycles. The highest BCUT2D eigenvalue weighted by molar-refractivity contribution is 7.99. The summed E-state index contributed by atoms with van der Waals surface area (Å²) in [5.41, 5.74) is -0.410. The third-order valence-electron chi connectivity index (χ3n) is 4.38. The van der Waals surface area contributed by atoms with Crippen molar-refractivity contribution in [1.82, 2.24) is 10.2 Å². The third kappa shape index (κ3) is 4.78. The zero-order valence-corrected chi connectivity index (χ0v) is 14.7. The smallest absolute Gasteiger partial charge is 0.410 e. The molecule has 0 aromatic carbocycles. The van der Waals surface area contributed by atoms with E-state index in [-0.39, 0.29) is 6.09 Å². The number of amides is 1. The molecule has 2 fully saturated rings. The Hall–Kier alpha value is -0.420. The molecule has 5 heteroatoms. The second-order valence-electron chi connectivity index (χ2n) is 7.19. The standard InChI is InChI=1S/C16H30N2O2S/c1-16(2,3)20-15(19)18-10-6-7-12(18)11-17-13-8-5-9-14(13)21-4/h12-14,17H,5-11H2,1-4H3. The lowest BCUT2D eigenvalue weighted by molar-refractivity contribution is 0.0225. The highest BCUT2D eigenvalue weighted by Crippen LogP contribution is 2.29. The highest BCUT2D eigenvalue weighted by Gasteiger charge is 2.33. The number of likely N-dealkylation sites (tertiary alicyclic amines) is 1. The molecule has 3 atom stereocenters. The van der Waals surface area contributed by atoms with Crippen LogP contribution in [-0.4, -0.2) is 53.3 Å². The minimum Gasteiger partial charge on any atom is -0.444 e. The van der Waals surface area contributed by atoms with E-state index in [0.717, 1.165) is 31.2 Å². The van der Waals surface area contributed by atoms with Crippen molar-refractivity contribution in [3.63, 3.8) is 0 Å². The van der Waals surface area contributed by atoms with Crippen LogP contribution in [0.4, 0.5) is 4.79 Å². The van der Waals surface area contributed by atoms with Gasteiger partial charge in [-0.1, -0.05) is 6.42 Å². The first kappa shape index (κ1) is 16.9. The Morgan fingerprint density at radius 1 is 1.29 bits per heavy atom. The maximum atomic E-state index is 12.3. The number of nitrogens with zero attached hydrogens (tertiary/aromatic N) is 1. The molecule has 1 amide bonds. The number of carbonyl (C=O) groups is 1. The summed E-state index contributed by atoms with van der Waals surface area (Å²) >= 11 is 1.97. The molecular formula is C16H30N2O2S. The number of thioether (sulfide) groups is 1. The van der Waals surface area contributed by atoms with Crippen molar-refractivity contribution >= 4 is 17.9 Å². The van der Waals surface area contributed by atoms with Gasteiger partial charge in [-0.15, -0.1) is 0 Å². The quantitative estimate of drug-likeness (QED) is 0.865. The summed E-state index contributed by atoms with van der Waals surface area (Å²) in [5.74, 6) is 0. The van der Waals surface area contributed by atoms with E-state index in [1.54, 1.807) is 0 Å². The Morgan fingerprint density at radius 3 is 2.71 bits per heavy atom. The topological polar surface area (TPSA) is 41.6 Å². The minimum atomic E-state index is -0.410. The molecule has 0 aromatic heterocycles. The van der Waals surface area contributed by atoms with Crippen LogP contribution in [0.2, 0.25) is 0 Å². The molecule has 0 aromatic rings. The fourth-order valence-corrected chi connectivity index (χ4v) is 4.30. The van der Waals surface area contributed by atoms with E-state index in [0.29, 0.717) is 12.1 Å². The van der Waals surface area contributed by atoms with Crippen molar-refractivity contribution in [2.75, 3.05) is 19.3 Å². The second-order valence-corrected chi connectivity index (χ2v) is 8.27. The largest absolute Gasteiger partial charge is 0.444 e. The summed E-state index contributed by atoms with van der Waals surface area (Å²) in [4.78, 5) is 14.2. The van der Waals surface area contributed by atoms with Crippen molar-refractivity contribution in [2.45, 2.75) is 75.8 Å². The van der Waals surface area contributed by atoms with Crippen molar-refractivity contribution in [3.8, 4) is 0 Å². The van der Waals surface area contributed by atoms with Crippen LogP contribution < -0.4 is 5.32 Å². The number of nitrogens with one attached hydrogen (secondary N) is 1. The molecule has 4 nitrogen and oxygen atoms in total. The molecule has 1 N–H and O–H groups in total. The van der Waals surface area contributed by atoms with Gasteiger partial charge in [0.05, 0.1) is 0 Å². The maximum absolute atomic E-state index is 12.3. The van der Waals surface area contributed by atoms with Crippen LogP contribution in [-0.2, 0) is 4.74 Å². The first-order valence-corrected chi connectivity index (χ1v) is 9.45. The Balaban J connectivity index is 1.83. The Morgan fingerprint density at radius 2 is 2.05 bits per heavy atom. The van der Waals surface area contributed by atoms with Gasteiger partial charge in [0.25, 0.3) is 0 Å². The molecule has 21 heavy (non-hydrogen) atoms.